The number of thiophene rings is 1. The van der Waals surface area contributed by atoms with Crippen molar-refractivity contribution < 1.29 is 9.59 Å². The highest BCUT2D eigenvalue weighted by molar-refractivity contribution is 7.99. The van der Waals surface area contributed by atoms with Crippen molar-refractivity contribution in [2.24, 2.45) is 12.8 Å². The van der Waals surface area contributed by atoms with Crippen LogP contribution in [-0.2, 0) is 24.7 Å². The Morgan fingerprint density at radius 3 is 2.81 bits per heavy atom. The van der Waals surface area contributed by atoms with Crippen LogP contribution in [0.15, 0.2) is 5.16 Å². The third-order valence-electron chi connectivity index (χ3n) is 5.05. The number of nitrogens with two attached hydrogens (primary N) is 1. The zero-order chi connectivity index (χ0) is 19.1. The zero-order valence-corrected chi connectivity index (χ0v) is 17.1. The molecule has 0 saturated heterocycles. The maximum Gasteiger partial charge on any atom is 0.235 e. The minimum absolute atomic E-state index is 0.00620. The molecule has 2 aromatic rings. The molecule has 1 saturated carbocycles. The van der Waals surface area contributed by atoms with E-state index in [1.165, 1.54) is 23.1 Å². The van der Waals surface area contributed by atoms with E-state index in [-0.39, 0.29) is 23.5 Å². The Balaban J connectivity index is 1.44. The van der Waals surface area contributed by atoms with Crippen molar-refractivity contribution in [2.75, 3.05) is 11.1 Å². The molecule has 9 heteroatoms. The summed E-state index contributed by atoms with van der Waals surface area (Å²) in [7, 11) is 1.94. The van der Waals surface area contributed by atoms with Gasteiger partial charge in [-0.05, 0) is 44.6 Å². The van der Waals surface area contributed by atoms with Crippen LogP contribution in [0.25, 0.3) is 0 Å². The predicted molar refractivity (Wildman–Crippen MR) is 107 cm³/mol. The molecular formula is C18H23N5O2S2. The first-order valence-corrected chi connectivity index (χ1v) is 11.0. The van der Waals surface area contributed by atoms with Crippen LogP contribution in [0.5, 0.6) is 0 Å². The fourth-order valence-corrected chi connectivity index (χ4v) is 5.64. The van der Waals surface area contributed by atoms with E-state index < -0.39 is 0 Å². The minimum atomic E-state index is -0.138. The number of anilines is 1. The molecule has 2 aliphatic rings. The summed E-state index contributed by atoms with van der Waals surface area (Å²) in [6.45, 7) is 1.56. The topological polar surface area (TPSA) is 103 Å². The molecule has 0 aromatic carbocycles. The highest BCUT2D eigenvalue weighted by atomic mass is 32.2. The summed E-state index contributed by atoms with van der Waals surface area (Å²) in [6.07, 6.45) is 4.78. The Morgan fingerprint density at radius 1 is 1.33 bits per heavy atom. The zero-order valence-electron chi connectivity index (χ0n) is 15.4. The fraction of sp³-hybridized carbons (Fsp3) is 0.556. The molecule has 0 aliphatic heterocycles. The molecule has 0 radical (unpaired) electrons. The third-order valence-corrected chi connectivity index (χ3v) is 7.24. The smallest absolute Gasteiger partial charge is 0.235 e. The van der Waals surface area contributed by atoms with Crippen molar-refractivity contribution in [1.29, 1.82) is 0 Å². The van der Waals surface area contributed by atoms with Gasteiger partial charge in [0.25, 0.3) is 0 Å². The van der Waals surface area contributed by atoms with E-state index >= 15 is 0 Å². The lowest BCUT2D eigenvalue weighted by molar-refractivity contribution is -0.113. The van der Waals surface area contributed by atoms with E-state index in [0.717, 1.165) is 53.5 Å². The molecule has 27 heavy (non-hydrogen) atoms. The number of thioether (sulfide) groups is 1. The number of hydrogen-bond acceptors (Lipinski definition) is 7. The van der Waals surface area contributed by atoms with Crippen molar-refractivity contribution in [1.82, 2.24) is 14.8 Å². The van der Waals surface area contributed by atoms with Gasteiger partial charge in [0.1, 0.15) is 10.8 Å². The van der Waals surface area contributed by atoms with Gasteiger partial charge in [0.15, 0.2) is 10.9 Å². The summed E-state index contributed by atoms with van der Waals surface area (Å²) in [4.78, 5) is 25.8. The maximum atomic E-state index is 12.5. The minimum Gasteiger partial charge on any atom is -0.327 e. The van der Waals surface area contributed by atoms with Gasteiger partial charge in [0.05, 0.1) is 11.3 Å². The van der Waals surface area contributed by atoms with Gasteiger partial charge in [0.2, 0.25) is 5.91 Å². The molecule has 2 aliphatic carbocycles. The number of amides is 1. The first kappa shape index (κ1) is 18.6. The fourth-order valence-electron chi connectivity index (χ4n) is 3.51. The molecule has 7 nitrogen and oxygen atoms in total. The third kappa shape index (κ3) is 3.81. The summed E-state index contributed by atoms with van der Waals surface area (Å²) >= 11 is 2.86. The van der Waals surface area contributed by atoms with Gasteiger partial charge in [-0.3, -0.25) is 9.59 Å². The highest BCUT2D eigenvalue weighted by Crippen LogP contribution is 2.40. The van der Waals surface area contributed by atoms with Crippen LogP contribution in [-0.4, -0.2) is 38.2 Å². The lowest BCUT2D eigenvalue weighted by atomic mass is 9.91. The Morgan fingerprint density at radius 2 is 2.11 bits per heavy atom. The monoisotopic (exact) mass is 405 g/mol. The van der Waals surface area contributed by atoms with Gasteiger partial charge >= 0.3 is 0 Å². The van der Waals surface area contributed by atoms with Crippen molar-refractivity contribution in [3.8, 4) is 0 Å². The molecule has 1 amide bonds. The number of Topliss-reactive ketones (excluding diaryl/α,β-unsaturated/α-hetero) is 1. The summed E-state index contributed by atoms with van der Waals surface area (Å²) in [6, 6.07) is 0.131. The van der Waals surface area contributed by atoms with Crippen LogP contribution in [0, 0.1) is 0 Å². The second kappa shape index (κ2) is 7.37. The van der Waals surface area contributed by atoms with Crippen molar-refractivity contribution in [2.45, 2.75) is 56.1 Å². The Hall–Kier alpha value is -1.71. The lowest BCUT2D eigenvalue weighted by Gasteiger charge is -2.18. The molecule has 4 rings (SSSR count). The molecule has 144 valence electrons. The number of fused-ring (bicyclic) bond motifs is 1. The molecule has 3 N–H and O–H groups in total. The van der Waals surface area contributed by atoms with E-state index in [2.05, 4.69) is 15.5 Å². The van der Waals surface area contributed by atoms with Crippen LogP contribution < -0.4 is 11.1 Å². The quantitative estimate of drug-likeness (QED) is 0.565. The van der Waals surface area contributed by atoms with Crippen molar-refractivity contribution in [3.05, 3.63) is 21.8 Å². The average molecular weight is 406 g/mol. The van der Waals surface area contributed by atoms with Crippen molar-refractivity contribution >= 4 is 39.8 Å². The number of nitrogens with zero attached hydrogens (tertiary/aromatic N) is 3. The van der Waals surface area contributed by atoms with Crippen LogP contribution in [0.1, 0.15) is 58.7 Å². The summed E-state index contributed by atoms with van der Waals surface area (Å²) in [5.41, 5.74) is 7.79. The van der Waals surface area contributed by atoms with E-state index in [0.29, 0.717) is 16.5 Å². The summed E-state index contributed by atoms with van der Waals surface area (Å²) in [5, 5.41) is 12.8. The van der Waals surface area contributed by atoms with Crippen LogP contribution >= 0.6 is 23.1 Å². The normalized spacial score (nSPS) is 19.0. The second-order valence-corrected chi connectivity index (χ2v) is 9.33. The van der Waals surface area contributed by atoms with Gasteiger partial charge in [0, 0.05) is 23.9 Å². The second-order valence-electron chi connectivity index (χ2n) is 7.28. The molecule has 2 heterocycles. The van der Waals surface area contributed by atoms with Gasteiger partial charge in [-0.1, -0.05) is 11.8 Å². The maximum absolute atomic E-state index is 12.5. The number of ketones is 1. The van der Waals surface area contributed by atoms with Gasteiger partial charge in [-0.25, -0.2) is 0 Å². The lowest BCUT2D eigenvalue weighted by Crippen LogP contribution is -2.27. The number of carbonyl (C=O) groups is 2. The largest absolute Gasteiger partial charge is 0.327 e. The number of rotatable bonds is 6. The van der Waals surface area contributed by atoms with Gasteiger partial charge in [-0.2, -0.15) is 0 Å². The van der Waals surface area contributed by atoms with E-state index in [1.54, 1.807) is 6.92 Å². The number of hydrogen-bond donors (Lipinski definition) is 2. The molecule has 1 fully saturated rings. The standard InChI is InChI=1S/C18H23N5O2S2/c1-9(24)15-12-6-5-11(19)7-13(12)27-17(15)20-14(25)8-26-18-22-21-16(23(18)2)10-3-4-10/h10-11H,3-8,19H2,1-2H3,(H,20,25). The van der Waals surface area contributed by atoms with Crippen LogP contribution in [0.2, 0.25) is 0 Å². The van der Waals surface area contributed by atoms with Crippen LogP contribution in [0.4, 0.5) is 5.00 Å². The number of aromatic nitrogens is 3. The molecular weight excluding hydrogens is 382 g/mol. The summed E-state index contributed by atoms with van der Waals surface area (Å²) < 4.78 is 1.97. The summed E-state index contributed by atoms with van der Waals surface area (Å²) in [5.74, 6) is 1.61. The first-order chi connectivity index (χ1) is 12.9. The van der Waals surface area contributed by atoms with Gasteiger partial charge < -0.3 is 15.6 Å². The number of nitrogens with one attached hydrogen (secondary N) is 1. The Labute approximate surface area is 166 Å². The average Bonchev–Trinajstić information content (AvgIpc) is 3.29. The highest BCUT2D eigenvalue weighted by Gasteiger charge is 2.30. The molecule has 1 atom stereocenters. The number of carbonyl (C=O) groups excluding carboxylic acids is 2. The molecule has 2 aromatic heterocycles. The molecule has 0 spiro atoms. The van der Waals surface area contributed by atoms with E-state index in [1.807, 2.05) is 11.6 Å². The molecule has 0 bridgehead atoms. The van der Waals surface area contributed by atoms with Crippen LogP contribution in [0.3, 0.4) is 0 Å². The molecule has 1 unspecified atom stereocenters. The van der Waals surface area contributed by atoms with Crippen molar-refractivity contribution in [3.63, 3.8) is 0 Å². The Kier molecular flexibility index (Phi) is 5.09. The van der Waals surface area contributed by atoms with E-state index in [4.69, 9.17) is 5.73 Å². The Bertz CT molecular complexity index is 900. The van der Waals surface area contributed by atoms with E-state index in [9.17, 15) is 9.59 Å². The SMILES string of the molecule is CC(=O)c1c(NC(=O)CSc2nnc(C3CC3)n2C)sc2c1CCC(N)C2. The van der Waals surface area contributed by atoms with Gasteiger partial charge in [-0.15, -0.1) is 21.5 Å². The predicted octanol–water partition coefficient (Wildman–Crippen LogP) is 2.50. The first-order valence-electron chi connectivity index (χ1n) is 9.17.